The number of benzene rings is 1. The molecule has 0 radical (unpaired) electrons. The van der Waals surface area contributed by atoms with Gasteiger partial charge >= 0.3 is 0 Å². The minimum atomic E-state index is 0.165. The van der Waals surface area contributed by atoms with Crippen molar-refractivity contribution in [3.8, 4) is 0 Å². The highest BCUT2D eigenvalue weighted by atomic mass is 16.2. The fraction of sp³-hybridized carbons (Fsp3) is 0.588. The summed E-state index contributed by atoms with van der Waals surface area (Å²) in [6.45, 7) is 0.649. The van der Waals surface area contributed by atoms with Crippen molar-refractivity contribution in [2.75, 3.05) is 6.54 Å². The Morgan fingerprint density at radius 3 is 2.75 bits per heavy atom. The first kappa shape index (κ1) is 13.6. The second-order valence-electron chi connectivity index (χ2n) is 6.33. The minimum absolute atomic E-state index is 0.165. The van der Waals surface area contributed by atoms with Crippen molar-refractivity contribution in [2.45, 2.75) is 38.1 Å². The molecule has 0 bridgehead atoms. The lowest BCUT2D eigenvalue weighted by Gasteiger charge is -2.17. The lowest BCUT2D eigenvalue weighted by atomic mass is 9.95. The number of carbonyl (C=O) groups excluding carboxylic acids is 1. The van der Waals surface area contributed by atoms with E-state index >= 15 is 0 Å². The smallest absolute Gasteiger partial charge is 0.223 e. The predicted octanol–water partition coefficient (Wildman–Crippen LogP) is 2.11. The normalized spacial score (nSPS) is 32.0. The molecule has 0 saturated heterocycles. The van der Waals surface area contributed by atoms with E-state index in [0.29, 0.717) is 24.4 Å². The summed E-state index contributed by atoms with van der Waals surface area (Å²) in [7, 11) is 0. The molecule has 3 nitrogen and oxygen atoms in total. The zero-order chi connectivity index (χ0) is 13.9. The molecule has 0 heterocycles. The Bertz CT molecular complexity index is 459. The number of carbonyl (C=O) groups is 1. The molecule has 2 aliphatic carbocycles. The van der Waals surface area contributed by atoms with Gasteiger partial charge in [-0.25, -0.2) is 0 Å². The van der Waals surface area contributed by atoms with Crippen LogP contribution in [0.2, 0.25) is 0 Å². The third-order valence-corrected chi connectivity index (χ3v) is 4.89. The summed E-state index contributed by atoms with van der Waals surface area (Å²) in [5.74, 6) is 1.44. The van der Waals surface area contributed by atoms with Crippen molar-refractivity contribution >= 4 is 5.91 Å². The van der Waals surface area contributed by atoms with E-state index in [1.165, 1.54) is 5.56 Å². The Labute approximate surface area is 120 Å². The summed E-state index contributed by atoms with van der Waals surface area (Å²) in [6, 6.07) is 10.9. The zero-order valence-corrected chi connectivity index (χ0v) is 11.9. The van der Waals surface area contributed by atoms with Crippen LogP contribution < -0.4 is 11.1 Å². The van der Waals surface area contributed by atoms with Gasteiger partial charge in [-0.15, -0.1) is 0 Å². The van der Waals surface area contributed by atoms with Crippen LogP contribution in [0.25, 0.3) is 0 Å². The maximum Gasteiger partial charge on any atom is 0.223 e. The molecule has 1 amide bonds. The van der Waals surface area contributed by atoms with Crippen molar-refractivity contribution in [3.05, 3.63) is 35.9 Å². The molecule has 3 N–H and O–H groups in total. The molecule has 2 unspecified atom stereocenters. The molecular formula is C17H24N2O. The van der Waals surface area contributed by atoms with E-state index in [1.807, 2.05) is 6.07 Å². The second-order valence-corrected chi connectivity index (χ2v) is 6.33. The van der Waals surface area contributed by atoms with E-state index < -0.39 is 0 Å². The molecule has 4 atom stereocenters. The second kappa shape index (κ2) is 5.96. The van der Waals surface area contributed by atoms with E-state index in [9.17, 15) is 4.79 Å². The van der Waals surface area contributed by atoms with Gasteiger partial charge in [-0.3, -0.25) is 4.79 Å². The molecule has 2 aliphatic rings. The number of nitrogens with two attached hydrogens (primary N) is 1. The van der Waals surface area contributed by atoms with Gasteiger partial charge in [0.05, 0.1) is 0 Å². The summed E-state index contributed by atoms with van der Waals surface area (Å²) in [5, 5.41) is 3.24. The number of nitrogens with one attached hydrogen (secondary N) is 1. The van der Waals surface area contributed by atoms with Crippen LogP contribution in [0.15, 0.2) is 30.3 Å². The highest BCUT2D eigenvalue weighted by Gasteiger charge is 2.40. The Balaban J connectivity index is 1.47. The van der Waals surface area contributed by atoms with Gasteiger partial charge in [-0.1, -0.05) is 36.8 Å². The van der Waals surface area contributed by atoms with Crippen LogP contribution in [-0.2, 0) is 11.2 Å². The van der Waals surface area contributed by atoms with Crippen molar-refractivity contribution < 1.29 is 4.79 Å². The first-order chi connectivity index (χ1) is 9.78. The van der Waals surface area contributed by atoms with Crippen LogP contribution in [0.1, 0.15) is 31.2 Å². The fourth-order valence-corrected chi connectivity index (χ4v) is 3.52. The van der Waals surface area contributed by atoms with E-state index in [2.05, 4.69) is 29.6 Å². The Morgan fingerprint density at radius 2 is 2.00 bits per heavy atom. The van der Waals surface area contributed by atoms with Crippen molar-refractivity contribution in [1.29, 1.82) is 0 Å². The van der Waals surface area contributed by atoms with E-state index in [4.69, 9.17) is 5.73 Å². The number of rotatable bonds is 5. The predicted molar refractivity (Wildman–Crippen MR) is 80.1 cm³/mol. The highest BCUT2D eigenvalue weighted by Crippen LogP contribution is 2.36. The molecule has 3 rings (SSSR count). The Hall–Kier alpha value is -1.35. The first-order valence-corrected chi connectivity index (χ1v) is 7.82. The molecule has 1 aromatic carbocycles. The number of hydrogen-bond donors (Lipinski definition) is 2. The van der Waals surface area contributed by atoms with E-state index in [-0.39, 0.29) is 11.8 Å². The minimum Gasteiger partial charge on any atom is -0.353 e. The molecule has 1 aromatic rings. The molecule has 3 heteroatoms. The van der Waals surface area contributed by atoms with Gasteiger partial charge in [-0.2, -0.15) is 0 Å². The zero-order valence-electron chi connectivity index (χ0n) is 11.9. The topological polar surface area (TPSA) is 55.1 Å². The fourth-order valence-electron chi connectivity index (χ4n) is 3.52. The summed E-state index contributed by atoms with van der Waals surface area (Å²) >= 11 is 0. The molecule has 108 valence electrons. The monoisotopic (exact) mass is 272 g/mol. The van der Waals surface area contributed by atoms with Crippen LogP contribution in [0.5, 0.6) is 0 Å². The van der Waals surface area contributed by atoms with Gasteiger partial charge in [-0.05, 0) is 49.6 Å². The average molecular weight is 272 g/mol. The lowest BCUT2D eigenvalue weighted by molar-refractivity contribution is -0.126. The molecular weight excluding hydrogens is 248 g/mol. The van der Waals surface area contributed by atoms with Gasteiger partial charge < -0.3 is 11.1 Å². The summed E-state index contributed by atoms with van der Waals surface area (Å²) < 4.78 is 0. The van der Waals surface area contributed by atoms with Crippen LogP contribution in [0.4, 0.5) is 0 Å². The highest BCUT2D eigenvalue weighted by molar-refractivity contribution is 5.80. The van der Waals surface area contributed by atoms with E-state index in [0.717, 1.165) is 32.1 Å². The average Bonchev–Trinajstić information content (AvgIpc) is 3.02. The Kier molecular flexibility index (Phi) is 4.06. The quantitative estimate of drug-likeness (QED) is 0.862. The van der Waals surface area contributed by atoms with Gasteiger partial charge in [0.25, 0.3) is 0 Å². The van der Waals surface area contributed by atoms with E-state index in [1.54, 1.807) is 0 Å². The molecule has 2 fully saturated rings. The third kappa shape index (κ3) is 3.04. The maximum atomic E-state index is 12.3. The first-order valence-electron chi connectivity index (χ1n) is 7.82. The lowest BCUT2D eigenvalue weighted by Crippen LogP contribution is -2.36. The van der Waals surface area contributed by atoms with Gasteiger partial charge in [0.1, 0.15) is 0 Å². The summed E-state index contributed by atoms with van der Waals surface area (Å²) in [6.07, 6.45) is 5.49. The summed E-state index contributed by atoms with van der Waals surface area (Å²) in [4.78, 5) is 12.3. The maximum absolute atomic E-state index is 12.3. The van der Waals surface area contributed by atoms with Crippen molar-refractivity contribution in [2.24, 2.45) is 23.5 Å². The van der Waals surface area contributed by atoms with Gasteiger partial charge in [0.15, 0.2) is 0 Å². The SMILES string of the molecule is NC[C@H]1CCC[C@H]1C(=O)NC1CC1Cc1ccccc1. The van der Waals surface area contributed by atoms with Crippen LogP contribution in [0.3, 0.4) is 0 Å². The molecule has 2 saturated carbocycles. The standard InChI is InChI=1S/C17H24N2O/c18-11-13-7-4-8-15(13)17(20)19-16-10-14(16)9-12-5-2-1-3-6-12/h1-3,5-6,13-16H,4,7-11,18H2,(H,19,20)/t13-,14?,15-,16?/m1/s1. The largest absolute Gasteiger partial charge is 0.353 e. The van der Waals surface area contributed by atoms with Crippen LogP contribution in [-0.4, -0.2) is 18.5 Å². The van der Waals surface area contributed by atoms with Crippen LogP contribution >= 0.6 is 0 Å². The van der Waals surface area contributed by atoms with Crippen LogP contribution in [0, 0.1) is 17.8 Å². The van der Waals surface area contributed by atoms with Crippen molar-refractivity contribution in [1.82, 2.24) is 5.32 Å². The number of amides is 1. The molecule has 0 spiro atoms. The third-order valence-electron chi connectivity index (χ3n) is 4.89. The molecule has 0 aromatic heterocycles. The Morgan fingerprint density at radius 1 is 1.20 bits per heavy atom. The van der Waals surface area contributed by atoms with Crippen molar-refractivity contribution in [3.63, 3.8) is 0 Å². The summed E-state index contributed by atoms with van der Waals surface area (Å²) in [5.41, 5.74) is 7.13. The molecule has 0 aliphatic heterocycles. The molecule has 20 heavy (non-hydrogen) atoms. The van der Waals surface area contributed by atoms with Gasteiger partial charge in [0, 0.05) is 12.0 Å². The van der Waals surface area contributed by atoms with Gasteiger partial charge in [0.2, 0.25) is 5.91 Å². The number of hydrogen-bond acceptors (Lipinski definition) is 2.